The molecule has 5 amide bonds. The number of hydrogen-bond donors (Lipinski definition) is 4. The number of hydrogen-bond acceptors (Lipinski definition) is 6. The number of anilines is 1. The number of rotatable bonds is 11. The van der Waals surface area contributed by atoms with E-state index >= 15 is 0 Å². The molecule has 1 aromatic heterocycles. The number of carbonyl (C=O) groups is 4. The quantitative estimate of drug-likeness (QED) is 0.124. The summed E-state index contributed by atoms with van der Waals surface area (Å²) >= 11 is 0. The summed E-state index contributed by atoms with van der Waals surface area (Å²) in [6.45, 7) is 10.4. The van der Waals surface area contributed by atoms with Crippen LogP contribution >= 0.6 is 0 Å². The van der Waals surface area contributed by atoms with E-state index in [1.54, 1.807) is 47.6 Å². The maximum Gasteiger partial charge on any atom is 0.408 e. The number of nitrogens with one attached hydrogen (secondary N) is 3. The second-order valence-electron chi connectivity index (χ2n) is 15.8. The van der Waals surface area contributed by atoms with Crippen LogP contribution in [-0.4, -0.2) is 106 Å². The van der Waals surface area contributed by atoms with Crippen LogP contribution in [0.5, 0.6) is 0 Å². The molecule has 58 heavy (non-hydrogen) atoms. The molecule has 0 radical (unpaired) electrons. The normalized spacial score (nSPS) is 15.5. The van der Waals surface area contributed by atoms with E-state index in [9.17, 15) is 24.3 Å². The van der Waals surface area contributed by atoms with Gasteiger partial charge in [0.2, 0.25) is 0 Å². The summed E-state index contributed by atoms with van der Waals surface area (Å²) in [5.41, 5.74) is 4.86. The third-order valence-electron chi connectivity index (χ3n) is 10.5. The third-order valence-corrected chi connectivity index (χ3v) is 10.5. The largest absolute Gasteiger partial charge is 0.465 e. The number of aromatic nitrogens is 1. The van der Waals surface area contributed by atoms with E-state index in [0.29, 0.717) is 67.0 Å². The minimum absolute atomic E-state index is 0.122. The molecule has 2 fully saturated rings. The number of nitrogens with zero attached hydrogens (tertiary/aromatic N) is 4. The van der Waals surface area contributed by atoms with Crippen LogP contribution in [0.4, 0.5) is 15.3 Å². The van der Waals surface area contributed by atoms with E-state index in [4.69, 9.17) is 0 Å². The van der Waals surface area contributed by atoms with Gasteiger partial charge in [-0.15, -0.1) is 0 Å². The highest BCUT2D eigenvalue weighted by atomic mass is 16.4. The van der Waals surface area contributed by atoms with E-state index in [1.807, 2.05) is 69.3 Å². The Balaban J connectivity index is 1.19. The van der Waals surface area contributed by atoms with Gasteiger partial charge in [0.15, 0.2) is 0 Å². The molecule has 0 bridgehead atoms. The number of carboxylic acid groups (broad SMARTS) is 1. The van der Waals surface area contributed by atoms with Gasteiger partial charge in [-0.25, -0.2) is 9.59 Å². The van der Waals surface area contributed by atoms with Gasteiger partial charge in [0, 0.05) is 78.6 Å². The van der Waals surface area contributed by atoms with Crippen LogP contribution in [0.1, 0.15) is 83.9 Å². The monoisotopic (exact) mass is 783 g/mol. The zero-order valence-electron chi connectivity index (χ0n) is 33.6. The van der Waals surface area contributed by atoms with Gasteiger partial charge in [0.05, 0.1) is 6.04 Å². The van der Waals surface area contributed by atoms with Crippen LogP contribution < -0.4 is 16.0 Å². The van der Waals surface area contributed by atoms with Crippen molar-refractivity contribution in [3.63, 3.8) is 0 Å². The molecule has 2 saturated heterocycles. The Hall–Kier alpha value is -6.19. The summed E-state index contributed by atoms with van der Waals surface area (Å²) in [6.07, 6.45) is 7.37. The number of pyridine rings is 1. The lowest BCUT2D eigenvalue weighted by Gasteiger charge is -2.37. The number of piperidine rings is 1. The molecular weight excluding hydrogens is 731 g/mol. The van der Waals surface area contributed by atoms with Crippen molar-refractivity contribution >= 4 is 29.6 Å². The fourth-order valence-electron chi connectivity index (χ4n) is 7.61. The van der Waals surface area contributed by atoms with Crippen LogP contribution in [0.2, 0.25) is 0 Å². The maximum absolute atomic E-state index is 13.8. The Kier molecular flexibility index (Phi) is 13.8. The molecule has 0 aliphatic carbocycles. The van der Waals surface area contributed by atoms with Crippen molar-refractivity contribution < 1.29 is 24.3 Å². The van der Waals surface area contributed by atoms with E-state index in [2.05, 4.69) is 37.7 Å². The summed E-state index contributed by atoms with van der Waals surface area (Å²) in [5, 5.41) is 18.8. The Morgan fingerprint density at radius 3 is 2.38 bits per heavy atom. The first kappa shape index (κ1) is 41.4. The second kappa shape index (κ2) is 19.3. The van der Waals surface area contributed by atoms with E-state index < -0.39 is 11.6 Å². The van der Waals surface area contributed by atoms with Gasteiger partial charge in [0.25, 0.3) is 11.8 Å². The Morgan fingerprint density at radius 2 is 1.66 bits per heavy atom. The number of likely N-dealkylation sites (tertiary alicyclic amines) is 2. The average Bonchev–Trinajstić information content (AvgIpc) is 3.69. The summed E-state index contributed by atoms with van der Waals surface area (Å²) in [7, 11) is 0. The lowest BCUT2D eigenvalue weighted by molar-refractivity contribution is 0.0649. The topological polar surface area (TPSA) is 147 Å². The van der Waals surface area contributed by atoms with Crippen LogP contribution in [0.25, 0.3) is 11.1 Å². The van der Waals surface area contributed by atoms with Crippen LogP contribution in [0, 0.1) is 11.8 Å². The predicted octanol–water partition coefficient (Wildman–Crippen LogP) is 6.72. The van der Waals surface area contributed by atoms with Crippen LogP contribution in [0.15, 0.2) is 91.3 Å². The number of carbonyl (C=O) groups excluding carboxylic acids is 3. The van der Waals surface area contributed by atoms with E-state index in [0.717, 1.165) is 36.3 Å². The molecule has 12 nitrogen and oxygen atoms in total. The minimum atomic E-state index is -0.998. The first-order valence-corrected chi connectivity index (χ1v) is 20.1. The lowest BCUT2D eigenvalue weighted by Crippen LogP contribution is -2.52. The standard InChI is InChI=1S/C46H53N7O5/c1-46(2,3)53(45(57)58)40-21-27-52(32-40)43(55)38-11-7-10-36(29-38)41-19-18-39(50-44(56)49-23-20-34-9-8-22-47-31-34)30-37(41)17-14-33-12-15-35(16-13-33)42(54)48-24-28-51-25-5-4-6-26-51/h7-13,15-16,18-19,22,29-31,40H,4-6,20-21,23-28,32H2,1-3H3,(H,48,54)(H,57,58)(H2,49,50,56). The fraction of sp³-hybridized carbons (Fsp3) is 0.370. The number of benzene rings is 3. The minimum Gasteiger partial charge on any atom is -0.465 e. The van der Waals surface area contributed by atoms with Crippen molar-refractivity contribution in [2.75, 3.05) is 51.1 Å². The summed E-state index contributed by atoms with van der Waals surface area (Å²) in [6, 6.07) is 23.1. The van der Waals surface area contributed by atoms with E-state index in [1.165, 1.54) is 24.2 Å². The molecule has 1 unspecified atom stereocenters. The molecule has 3 aromatic carbocycles. The molecule has 6 rings (SSSR count). The molecular formula is C46H53N7O5. The lowest BCUT2D eigenvalue weighted by atomic mass is 9.97. The van der Waals surface area contributed by atoms with Gasteiger partial charge < -0.3 is 30.9 Å². The first-order valence-electron chi connectivity index (χ1n) is 20.1. The highest BCUT2D eigenvalue weighted by Gasteiger charge is 2.38. The molecule has 2 aliphatic rings. The van der Waals surface area contributed by atoms with Gasteiger partial charge in [-0.3, -0.25) is 19.5 Å². The van der Waals surface area contributed by atoms with Crippen molar-refractivity contribution in [2.45, 2.75) is 64.5 Å². The summed E-state index contributed by atoms with van der Waals surface area (Å²) in [5.74, 6) is 6.21. The van der Waals surface area contributed by atoms with Gasteiger partial charge >= 0.3 is 12.1 Å². The Bertz CT molecular complexity index is 2130. The predicted molar refractivity (Wildman–Crippen MR) is 226 cm³/mol. The summed E-state index contributed by atoms with van der Waals surface area (Å²) < 4.78 is 0. The highest BCUT2D eigenvalue weighted by Crippen LogP contribution is 2.29. The van der Waals surface area contributed by atoms with Gasteiger partial charge in [-0.1, -0.05) is 42.5 Å². The van der Waals surface area contributed by atoms with Crippen molar-refractivity contribution in [1.82, 2.24) is 30.3 Å². The number of amides is 5. The van der Waals surface area contributed by atoms with E-state index in [-0.39, 0.29) is 23.9 Å². The first-order chi connectivity index (χ1) is 27.9. The third kappa shape index (κ3) is 11.2. The molecule has 12 heteroatoms. The van der Waals surface area contributed by atoms with Crippen molar-refractivity contribution in [3.8, 4) is 23.0 Å². The van der Waals surface area contributed by atoms with Crippen molar-refractivity contribution in [3.05, 3.63) is 119 Å². The fourth-order valence-corrected chi connectivity index (χ4v) is 7.61. The molecule has 0 spiro atoms. The van der Waals surface area contributed by atoms with Gasteiger partial charge in [-0.05, 0) is 131 Å². The zero-order valence-corrected chi connectivity index (χ0v) is 33.6. The molecule has 4 aromatic rings. The second-order valence-corrected chi connectivity index (χ2v) is 15.8. The smallest absolute Gasteiger partial charge is 0.408 e. The van der Waals surface area contributed by atoms with Crippen LogP contribution in [-0.2, 0) is 6.42 Å². The maximum atomic E-state index is 13.8. The molecule has 2 aliphatic heterocycles. The van der Waals surface area contributed by atoms with Crippen molar-refractivity contribution in [2.24, 2.45) is 0 Å². The number of urea groups is 1. The Labute approximate surface area is 341 Å². The molecule has 0 saturated carbocycles. The van der Waals surface area contributed by atoms with Crippen molar-refractivity contribution in [1.29, 1.82) is 0 Å². The zero-order chi connectivity index (χ0) is 41.1. The van der Waals surface area contributed by atoms with Crippen LogP contribution in [0.3, 0.4) is 0 Å². The molecule has 4 N–H and O–H groups in total. The SMILES string of the molecule is CC(C)(C)N(C(=O)O)C1CCN(C(=O)c2cccc(-c3ccc(NC(=O)NCCc4cccnc4)cc3C#Cc3ccc(C(=O)NCCN4CCCCC4)cc3)c2)C1. The summed E-state index contributed by atoms with van der Waals surface area (Å²) in [4.78, 5) is 61.4. The van der Waals surface area contributed by atoms with Gasteiger partial charge in [-0.2, -0.15) is 0 Å². The van der Waals surface area contributed by atoms with Gasteiger partial charge in [0.1, 0.15) is 0 Å². The molecule has 302 valence electrons. The Morgan fingerprint density at radius 1 is 0.862 bits per heavy atom. The highest BCUT2D eigenvalue weighted by molar-refractivity contribution is 5.96. The average molecular weight is 784 g/mol. The molecule has 1 atom stereocenters. The molecule has 3 heterocycles.